The molecule has 3 aromatic carbocycles. The van der Waals surface area contributed by atoms with Crippen LogP contribution in [0, 0.1) is 38.8 Å². The molecule has 6 nitrogen and oxygen atoms in total. The molecule has 0 saturated carbocycles. The number of para-hydroxylation sites is 1. The number of pyridine rings is 1. The van der Waals surface area contributed by atoms with E-state index in [0.29, 0.717) is 35.3 Å². The quantitative estimate of drug-likeness (QED) is 0.119. The van der Waals surface area contributed by atoms with Crippen LogP contribution in [0.4, 0.5) is 0 Å². The fourth-order valence-corrected chi connectivity index (χ4v) is 7.64. The molecule has 7 rings (SSSR count). The van der Waals surface area contributed by atoms with E-state index < -0.39 is 0 Å². The van der Waals surface area contributed by atoms with Crippen molar-refractivity contribution in [1.82, 2.24) is 24.2 Å². The summed E-state index contributed by atoms with van der Waals surface area (Å²) in [5.41, 5.74) is 10.2. The minimum absolute atomic E-state index is 0. The molecular formula is C42H45N5OPt. The first-order valence-electron chi connectivity index (χ1n) is 17.0. The van der Waals surface area contributed by atoms with Gasteiger partial charge in [0.25, 0.3) is 0 Å². The van der Waals surface area contributed by atoms with Gasteiger partial charge in [-0.25, -0.2) is 4.98 Å². The molecule has 0 saturated heterocycles. The summed E-state index contributed by atoms with van der Waals surface area (Å²) in [4.78, 5) is 7.05. The molecule has 0 N–H and O–H groups in total. The van der Waals surface area contributed by atoms with Gasteiger partial charge in [0.1, 0.15) is 5.82 Å². The van der Waals surface area contributed by atoms with Crippen molar-refractivity contribution in [3.05, 3.63) is 119 Å². The van der Waals surface area contributed by atoms with Crippen LogP contribution in [0.15, 0.2) is 78.5 Å². The molecule has 3 atom stereocenters. The molecule has 254 valence electrons. The number of aromatic nitrogens is 4. The molecule has 1 aliphatic rings. The Morgan fingerprint density at radius 1 is 0.918 bits per heavy atom. The van der Waals surface area contributed by atoms with Gasteiger partial charge in [-0.3, -0.25) is 4.68 Å². The Bertz CT molecular complexity index is 2190. The monoisotopic (exact) mass is 830 g/mol. The van der Waals surface area contributed by atoms with Crippen LogP contribution < -0.4 is 4.74 Å². The zero-order chi connectivity index (χ0) is 33.9. The third-order valence-electron chi connectivity index (χ3n) is 10.1. The minimum atomic E-state index is 0. The molecule has 6 aromatic rings. The first kappa shape index (κ1) is 34.9. The molecule has 7 heteroatoms. The van der Waals surface area contributed by atoms with Gasteiger partial charge >= 0.3 is 21.1 Å². The molecule has 3 aromatic heterocycles. The van der Waals surface area contributed by atoms with Crippen LogP contribution in [-0.4, -0.2) is 44.4 Å². The van der Waals surface area contributed by atoms with Gasteiger partial charge in [0.05, 0.1) is 5.69 Å². The molecular weight excluding hydrogens is 786 g/mol. The summed E-state index contributed by atoms with van der Waals surface area (Å²) in [5, 5.41) is 7.38. The Kier molecular flexibility index (Phi) is 9.76. The number of hydrogen-bond donors (Lipinski definition) is 0. The maximum atomic E-state index is 6.61. The van der Waals surface area contributed by atoms with E-state index in [9.17, 15) is 0 Å². The maximum Gasteiger partial charge on any atom is 2.00 e. The number of nitrogens with zero attached hydrogens (tertiary/aromatic N) is 5. The van der Waals surface area contributed by atoms with Gasteiger partial charge in [-0.05, 0) is 94.9 Å². The Hall–Kier alpha value is -3.99. The molecule has 0 bridgehead atoms. The molecule has 3 heterocycles. The summed E-state index contributed by atoms with van der Waals surface area (Å²) in [7, 11) is 4.34. The van der Waals surface area contributed by atoms with Crippen molar-refractivity contribution in [1.29, 1.82) is 0 Å². The predicted octanol–water partition coefficient (Wildman–Crippen LogP) is 9.80. The van der Waals surface area contributed by atoms with Crippen LogP contribution in [0.1, 0.15) is 74.0 Å². The van der Waals surface area contributed by atoms with E-state index in [2.05, 4.69) is 143 Å². The minimum Gasteiger partial charge on any atom is -0.509 e. The zero-order valence-corrected chi connectivity index (χ0v) is 32.2. The third kappa shape index (κ3) is 6.42. The van der Waals surface area contributed by atoms with E-state index >= 15 is 0 Å². The normalized spacial score (nSPS) is 17.9. The summed E-state index contributed by atoms with van der Waals surface area (Å²) in [6, 6.07) is 28.6. The molecule has 0 amide bonds. The number of likely N-dealkylation sites (N-methyl/N-ethyl adjacent to an activating group) is 1. The predicted molar refractivity (Wildman–Crippen MR) is 196 cm³/mol. The largest absolute Gasteiger partial charge is 2.00 e. The van der Waals surface area contributed by atoms with Crippen molar-refractivity contribution in [2.75, 3.05) is 14.1 Å². The summed E-state index contributed by atoms with van der Waals surface area (Å²) < 4.78 is 10.8. The fourth-order valence-electron chi connectivity index (χ4n) is 7.64. The summed E-state index contributed by atoms with van der Waals surface area (Å²) >= 11 is 0. The van der Waals surface area contributed by atoms with E-state index in [1.165, 1.54) is 16.7 Å². The van der Waals surface area contributed by atoms with Crippen molar-refractivity contribution < 1.29 is 25.8 Å². The average molecular weight is 831 g/mol. The van der Waals surface area contributed by atoms with Gasteiger partial charge in [-0.15, -0.1) is 41.3 Å². The van der Waals surface area contributed by atoms with Gasteiger partial charge in [0.15, 0.2) is 0 Å². The Labute approximate surface area is 305 Å². The van der Waals surface area contributed by atoms with Gasteiger partial charge < -0.3 is 14.2 Å². The van der Waals surface area contributed by atoms with Crippen LogP contribution >= 0.6 is 0 Å². The second-order valence-corrected chi connectivity index (χ2v) is 14.2. The van der Waals surface area contributed by atoms with Crippen LogP contribution in [0.3, 0.4) is 0 Å². The first-order valence-corrected chi connectivity index (χ1v) is 17.0. The second-order valence-electron chi connectivity index (χ2n) is 14.2. The molecule has 49 heavy (non-hydrogen) atoms. The maximum absolute atomic E-state index is 6.61. The molecule has 1 aliphatic carbocycles. The number of benzene rings is 3. The zero-order valence-electron chi connectivity index (χ0n) is 29.9. The van der Waals surface area contributed by atoms with Crippen molar-refractivity contribution in [2.24, 2.45) is 5.92 Å². The summed E-state index contributed by atoms with van der Waals surface area (Å²) in [6.45, 7) is 15.5. The van der Waals surface area contributed by atoms with E-state index in [1.54, 1.807) is 0 Å². The van der Waals surface area contributed by atoms with Gasteiger partial charge in [-0.1, -0.05) is 56.1 Å². The molecule has 0 spiro atoms. The Balaban J connectivity index is 0.00000417. The van der Waals surface area contributed by atoms with Crippen molar-refractivity contribution in [3.63, 3.8) is 0 Å². The SMILES string of the molecule is CC1=C[C@H](N(C)C)C[C@H](C)C1c1c(C)nn(-c2[c-]c(Oc3[c-]c4c(cc3)c3ccccc3n4-c3cc(C)ccn3)cc(C(C)C)c2)c1C.[Pt+2]. The first-order chi connectivity index (χ1) is 23.0. The van der Waals surface area contributed by atoms with Crippen LogP contribution in [0.2, 0.25) is 0 Å². The Morgan fingerprint density at radius 2 is 1.69 bits per heavy atom. The Morgan fingerprint density at radius 3 is 2.41 bits per heavy atom. The van der Waals surface area contributed by atoms with Crippen molar-refractivity contribution in [2.45, 2.75) is 72.8 Å². The number of ether oxygens (including phenoxy) is 1. The molecule has 1 unspecified atom stereocenters. The molecule has 0 fully saturated rings. The smallest absolute Gasteiger partial charge is 0.509 e. The van der Waals surface area contributed by atoms with Gasteiger partial charge in [0, 0.05) is 46.4 Å². The molecule has 0 radical (unpaired) electrons. The van der Waals surface area contributed by atoms with E-state index in [1.807, 2.05) is 18.3 Å². The van der Waals surface area contributed by atoms with Crippen molar-refractivity contribution >= 4 is 21.8 Å². The van der Waals surface area contributed by atoms with Gasteiger partial charge in [-0.2, -0.15) is 11.2 Å². The fraction of sp³-hybridized carbons (Fsp3) is 0.333. The van der Waals surface area contributed by atoms with E-state index in [-0.39, 0.29) is 21.1 Å². The average Bonchev–Trinajstić information content (AvgIpc) is 3.53. The number of aryl methyl sites for hydroxylation is 2. The number of allylic oxidation sites excluding steroid dienone is 1. The van der Waals surface area contributed by atoms with Crippen LogP contribution in [0.5, 0.6) is 11.5 Å². The van der Waals surface area contributed by atoms with Crippen LogP contribution in [0.25, 0.3) is 33.3 Å². The summed E-state index contributed by atoms with van der Waals surface area (Å²) in [6.07, 6.45) is 5.43. The third-order valence-corrected chi connectivity index (χ3v) is 10.1. The number of rotatable bonds is 7. The molecule has 0 aliphatic heterocycles. The van der Waals surface area contributed by atoms with E-state index in [0.717, 1.165) is 56.7 Å². The van der Waals surface area contributed by atoms with Crippen molar-refractivity contribution in [3.8, 4) is 23.0 Å². The second kappa shape index (κ2) is 13.7. The van der Waals surface area contributed by atoms with E-state index in [4.69, 9.17) is 14.8 Å². The number of hydrogen-bond acceptors (Lipinski definition) is 4. The number of fused-ring (bicyclic) bond motifs is 3. The van der Waals surface area contributed by atoms with Gasteiger partial charge in [0.2, 0.25) is 0 Å². The topological polar surface area (TPSA) is 48.1 Å². The standard InChI is InChI=1S/C42H45N5O.Pt/c1-25(2)31-21-33(47-30(7)42(29(6)44-47)41-27(4)19-32(45(8)9)20-28(41)5)23-35(22-31)48-34-14-15-37-36-12-10-11-13-38(36)46(39(37)24-34)40-18-26(3)16-17-43-40;/h10-19,21-22,25,28,32,41H,20H2,1-9H3;/q-2;+2/t28-,32-,41?;/m0./s1. The summed E-state index contributed by atoms with van der Waals surface area (Å²) in [5.74, 6) is 3.29. The van der Waals surface area contributed by atoms with Crippen LogP contribution in [-0.2, 0) is 21.1 Å².